The van der Waals surface area contributed by atoms with Crippen LogP contribution < -0.4 is 5.32 Å². The second-order valence-corrected chi connectivity index (χ2v) is 5.48. The molecular formula is C13H23ClN4. The van der Waals surface area contributed by atoms with Crippen LogP contribution in [0, 0.1) is 6.92 Å². The van der Waals surface area contributed by atoms with Gasteiger partial charge in [0.2, 0.25) is 0 Å². The molecule has 5 heteroatoms. The van der Waals surface area contributed by atoms with Gasteiger partial charge in [-0.25, -0.2) is 0 Å². The molecule has 1 aliphatic rings. The maximum absolute atomic E-state index is 6.30. The van der Waals surface area contributed by atoms with Crippen LogP contribution in [0.1, 0.15) is 31.0 Å². The van der Waals surface area contributed by atoms with Crippen LogP contribution in [0.3, 0.4) is 0 Å². The van der Waals surface area contributed by atoms with E-state index in [0.717, 1.165) is 37.0 Å². The number of hydrogen-bond acceptors (Lipinski definition) is 3. The fraction of sp³-hybridized carbons (Fsp3) is 0.769. The lowest BCUT2D eigenvalue weighted by Crippen LogP contribution is -2.36. The first kappa shape index (κ1) is 13.8. The number of halogens is 1. The summed E-state index contributed by atoms with van der Waals surface area (Å²) >= 11 is 6.30. The molecule has 1 atom stereocenters. The summed E-state index contributed by atoms with van der Waals surface area (Å²) < 4.78 is 1.76. The first-order valence-corrected chi connectivity index (χ1v) is 7.13. The number of aromatic nitrogens is 2. The summed E-state index contributed by atoms with van der Waals surface area (Å²) in [5.41, 5.74) is 2.23. The molecule has 1 aromatic rings. The van der Waals surface area contributed by atoms with Crippen molar-refractivity contribution in [2.24, 2.45) is 7.05 Å². The van der Waals surface area contributed by atoms with Crippen LogP contribution in [-0.2, 0) is 13.6 Å². The molecule has 2 heterocycles. The van der Waals surface area contributed by atoms with Gasteiger partial charge in [0.05, 0.1) is 5.69 Å². The van der Waals surface area contributed by atoms with Crippen molar-refractivity contribution in [1.82, 2.24) is 20.0 Å². The minimum atomic E-state index is 0.600. The predicted molar refractivity (Wildman–Crippen MR) is 74.9 cm³/mol. The molecule has 1 fully saturated rings. The highest BCUT2D eigenvalue weighted by Crippen LogP contribution is 2.21. The zero-order chi connectivity index (χ0) is 13.1. The van der Waals surface area contributed by atoms with Gasteiger partial charge in [0, 0.05) is 31.7 Å². The molecule has 102 valence electrons. The van der Waals surface area contributed by atoms with Crippen LogP contribution in [0.15, 0.2) is 0 Å². The molecule has 18 heavy (non-hydrogen) atoms. The third-order valence-electron chi connectivity index (χ3n) is 3.71. The first-order valence-electron chi connectivity index (χ1n) is 6.75. The van der Waals surface area contributed by atoms with Crippen molar-refractivity contribution in [2.75, 3.05) is 19.6 Å². The maximum atomic E-state index is 6.30. The van der Waals surface area contributed by atoms with Crippen molar-refractivity contribution in [3.8, 4) is 0 Å². The van der Waals surface area contributed by atoms with Crippen LogP contribution in [0.2, 0.25) is 5.15 Å². The first-order chi connectivity index (χ1) is 8.61. The Balaban J connectivity index is 2.07. The molecule has 0 spiro atoms. The Morgan fingerprint density at radius 3 is 2.89 bits per heavy atom. The zero-order valence-electron chi connectivity index (χ0n) is 11.5. The van der Waals surface area contributed by atoms with E-state index >= 15 is 0 Å². The highest BCUT2D eigenvalue weighted by atomic mass is 35.5. The van der Waals surface area contributed by atoms with Crippen molar-refractivity contribution >= 4 is 11.6 Å². The van der Waals surface area contributed by atoms with Crippen LogP contribution in [0.25, 0.3) is 0 Å². The fourth-order valence-electron chi connectivity index (χ4n) is 2.57. The summed E-state index contributed by atoms with van der Waals surface area (Å²) in [6.07, 6.45) is 2.38. The molecule has 0 bridgehead atoms. The summed E-state index contributed by atoms with van der Waals surface area (Å²) in [6, 6.07) is 0.600. The van der Waals surface area contributed by atoms with Crippen LogP contribution in [0.5, 0.6) is 0 Å². The van der Waals surface area contributed by atoms with E-state index in [1.807, 2.05) is 14.0 Å². The standard InChI is InChI=1S/C13H23ClN4/c1-4-11-8-18(7-5-6-15-11)9-12-10(2)16-17(3)13(12)14/h11,15H,4-9H2,1-3H3. The number of aryl methyl sites for hydroxylation is 2. The minimum Gasteiger partial charge on any atom is -0.313 e. The number of nitrogens with zero attached hydrogens (tertiary/aromatic N) is 3. The van der Waals surface area contributed by atoms with Gasteiger partial charge in [-0.15, -0.1) is 0 Å². The third-order valence-corrected chi connectivity index (χ3v) is 4.18. The van der Waals surface area contributed by atoms with E-state index in [-0.39, 0.29) is 0 Å². The Labute approximate surface area is 114 Å². The Kier molecular flexibility index (Phi) is 4.65. The normalized spacial score (nSPS) is 22.1. The Hall–Kier alpha value is -0.580. The van der Waals surface area contributed by atoms with E-state index in [0.29, 0.717) is 6.04 Å². The summed E-state index contributed by atoms with van der Waals surface area (Å²) in [4.78, 5) is 2.49. The van der Waals surface area contributed by atoms with Gasteiger partial charge >= 0.3 is 0 Å². The quantitative estimate of drug-likeness (QED) is 0.912. The summed E-state index contributed by atoms with van der Waals surface area (Å²) in [7, 11) is 1.90. The minimum absolute atomic E-state index is 0.600. The topological polar surface area (TPSA) is 33.1 Å². The average molecular weight is 271 g/mol. The van der Waals surface area contributed by atoms with E-state index in [1.165, 1.54) is 18.4 Å². The molecule has 0 amide bonds. The molecular weight excluding hydrogens is 248 g/mol. The van der Waals surface area contributed by atoms with E-state index < -0.39 is 0 Å². The van der Waals surface area contributed by atoms with Gasteiger partial charge in [-0.1, -0.05) is 18.5 Å². The molecule has 4 nitrogen and oxygen atoms in total. The van der Waals surface area contributed by atoms with Crippen molar-refractivity contribution < 1.29 is 0 Å². The molecule has 1 aromatic heterocycles. The van der Waals surface area contributed by atoms with Gasteiger partial charge in [-0.2, -0.15) is 5.10 Å². The molecule has 1 N–H and O–H groups in total. The number of nitrogens with one attached hydrogen (secondary N) is 1. The number of rotatable bonds is 3. The van der Waals surface area contributed by atoms with Crippen LogP contribution in [-0.4, -0.2) is 40.4 Å². The lowest BCUT2D eigenvalue weighted by molar-refractivity contribution is 0.257. The summed E-state index contributed by atoms with van der Waals surface area (Å²) in [6.45, 7) is 8.54. The summed E-state index contributed by atoms with van der Waals surface area (Å²) in [5.74, 6) is 0. The average Bonchev–Trinajstić information content (AvgIpc) is 2.57. The van der Waals surface area contributed by atoms with Crippen molar-refractivity contribution in [3.63, 3.8) is 0 Å². The fourth-order valence-corrected chi connectivity index (χ4v) is 2.80. The molecule has 1 saturated heterocycles. The van der Waals surface area contributed by atoms with Crippen molar-refractivity contribution in [2.45, 2.75) is 39.3 Å². The predicted octanol–water partition coefficient (Wildman–Crippen LogP) is 1.96. The molecule has 0 saturated carbocycles. The summed E-state index contributed by atoms with van der Waals surface area (Å²) in [5, 5.41) is 8.74. The molecule has 0 aromatic carbocycles. The lowest BCUT2D eigenvalue weighted by Gasteiger charge is -2.23. The molecule has 1 aliphatic heterocycles. The van der Waals surface area contributed by atoms with Crippen LogP contribution in [0.4, 0.5) is 0 Å². The Morgan fingerprint density at radius 1 is 1.50 bits per heavy atom. The van der Waals surface area contributed by atoms with Gasteiger partial charge < -0.3 is 5.32 Å². The maximum Gasteiger partial charge on any atom is 0.131 e. The third kappa shape index (κ3) is 3.05. The lowest BCUT2D eigenvalue weighted by atomic mass is 10.2. The van der Waals surface area contributed by atoms with Gasteiger partial charge in [-0.3, -0.25) is 9.58 Å². The largest absolute Gasteiger partial charge is 0.313 e. The Morgan fingerprint density at radius 2 is 2.28 bits per heavy atom. The SMILES string of the molecule is CCC1CN(Cc2c(C)nn(C)c2Cl)CCCN1. The zero-order valence-corrected chi connectivity index (χ0v) is 12.3. The Bertz CT molecular complexity index is 402. The van der Waals surface area contributed by atoms with Crippen molar-refractivity contribution in [3.05, 3.63) is 16.4 Å². The van der Waals surface area contributed by atoms with E-state index in [4.69, 9.17) is 11.6 Å². The molecule has 0 aliphatic carbocycles. The van der Waals surface area contributed by atoms with E-state index in [1.54, 1.807) is 4.68 Å². The van der Waals surface area contributed by atoms with Gasteiger partial charge in [0.25, 0.3) is 0 Å². The second-order valence-electron chi connectivity index (χ2n) is 5.13. The smallest absolute Gasteiger partial charge is 0.131 e. The molecule has 1 unspecified atom stereocenters. The number of hydrogen-bond donors (Lipinski definition) is 1. The highest BCUT2D eigenvalue weighted by molar-refractivity contribution is 6.30. The van der Waals surface area contributed by atoms with E-state index in [9.17, 15) is 0 Å². The van der Waals surface area contributed by atoms with Crippen molar-refractivity contribution in [1.29, 1.82) is 0 Å². The monoisotopic (exact) mass is 270 g/mol. The highest BCUT2D eigenvalue weighted by Gasteiger charge is 2.19. The van der Waals surface area contributed by atoms with Gasteiger partial charge in [-0.05, 0) is 32.9 Å². The second kappa shape index (κ2) is 6.04. The van der Waals surface area contributed by atoms with E-state index in [2.05, 4.69) is 22.2 Å². The van der Waals surface area contributed by atoms with Gasteiger partial charge in [0.15, 0.2) is 0 Å². The van der Waals surface area contributed by atoms with Crippen LogP contribution >= 0.6 is 11.6 Å². The molecule has 0 radical (unpaired) electrons. The molecule has 2 rings (SSSR count). The van der Waals surface area contributed by atoms with Gasteiger partial charge in [0.1, 0.15) is 5.15 Å².